The Morgan fingerprint density at radius 2 is 1.53 bits per heavy atom. The molecule has 2 fully saturated rings. The fraction of sp³-hybridized carbons (Fsp3) is 0.763. The van der Waals surface area contributed by atoms with Gasteiger partial charge in [0.2, 0.25) is 0 Å². The van der Waals surface area contributed by atoms with E-state index >= 15 is 0 Å². The molecule has 55 heavy (non-hydrogen) atoms. The van der Waals surface area contributed by atoms with Crippen LogP contribution < -0.4 is 5.32 Å². The average molecular weight is 818 g/mol. The number of ether oxygens (including phenoxy) is 3. The van der Waals surface area contributed by atoms with Crippen LogP contribution in [-0.4, -0.2) is 111 Å². The second-order valence-corrected chi connectivity index (χ2v) is 33.9. The molecule has 0 amide bonds. The van der Waals surface area contributed by atoms with Gasteiger partial charge in [-0.25, -0.2) is 14.5 Å². The predicted octanol–water partition coefficient (Wildman–Crippen LogP) is 8.09. The maximum absolute atomic E-state index is 12.6. The highest BCUT2D eigenvalue weighted by Crippen LogP contribution is 2.47. The first-order chi connectivity index (χ1) is 25.3. The molecule has 5 atom stereocenters. The van der Waals surface area contributed by atoms with Crippen molar-refractivity contribution in [3.63, 3.8) is 0 Å². The van der Waals surface area contributed by atoms with Crippen molar-refractivity contribution in [3.05, 3.63) is 24.3 Å². The highest BCUT2D eigenvalue weighted by molar-refractivity contribution is 6.75. The lowest BCUT2D eigenvalue weighted by Crippen LogP contribution is -2.54. The van der Waals surface area contributed by atoms with E-state index in [1.54, 1.807) is 19.4 Å². The number of rotatable bonds is 13. The van der Waals surface area contributed by atoms with Crippen LogP contribution in [-0.2, 0) is 27.5 Å². The first-order valence-corrected chi connectivity index (χ1v) is 28.4. The van der Waals surface area contributed by atoms with Crippen molar-refractivity contribution in [2.24, 2.45) is 0 Å². The number of carbonyl (C=O) groups is 1. The van der Waals surface area contributed by atoms with Crippen LogP contribution in [0.4, 0.5) is 5.82 Å². The summed E-state index contributed by atoms with van der Waals surface area (Å²) in [6.07, 6.45) is 3.63. The zero-order chi connectivity index (χ0) is 40.9. The van der Waals surface area contributed by atoms with E-state index in [4.69, 9.17) is 42.4 Å². The van der Waals surface area contributed by atoms with Crippen molar-refractivity contribution in [1.82, 2.24) is 29.3 Å². The van der Waals surface area contributed by atoms with E-state index in [0.29, 0.717) is 42.4 Å². The Morgan fingerprint density at radius 3 is 2.09 bits per heavy atom. The molecule has 3 aromatic rings. The third kappa shape index (κ3) is 9.29. The molecule has 2 saturated heterocycles. The summed E-state index contributed by atoms with van der Waals surface area (Å²) in [7, 11) is -6.94. The van der Waals surface area contributed by atoms with E-state index in [1.807, 2.05) is 4.57 Å². The Kier molecular flexibility index (Phi) is 12.4. The molecule has 14 nitrogen and oxygen atoms in total. The summed E-state index contributed by atoms with van der Waals surface area (Å²) >= 11 is 0. The van der Waals surface area contributed by atoms with E-state index in [1.165, 1.54) is 10.9 Å². The normalized spacial score (nSPS) is 23.2. The number of esters is 1. The molecular formula is C38H67N7O7Si3. The second-order valence-electron chi connectivity index (χ2n) is 19.6. The predicted molar refractivity (Wildman–Crippen MR) is 222 cm³/mol. The summed E-state index contributed by atoms with van der Waals surface area (Å²) in [5, 5.41) is 7.88. The molecule has 0 bridgehead atoms. The van der Waals surface area contributed by atoms with Crippen LogP contribution in [0.5, 0.6) is 0 Å². The largest absolute Gasteiger partial charge is 0.462 e. The molecule has 0 saturated carbocycles. The maximum atomic E-state index is 12.6. The summed E-state index contributed by atoms with van der Waals surface area (Å²) in [5.41, 5.74) is 1.41. The first-order valence-electron chi connectivity index (χ1n) is 19.7. The lowest BCUT2D eigenvalue weighted by molar-refractivity contribution is -0.0470. The lowest BCUT2D eigenvalue weighted by Gasteiger charge is -2.44. The standard InChI is InChI=1S/C38H67N7O7Si3/c1-17-48-34(46)25-20-40-45(21-25)35-42-31(41-26-18-19-47-22-26)28-32(43-35)44(24-39-28)33-30(52-55(15,16)38(8,9)10)29(51-54(13,14)37(5,6)7)27(50-33)23-49-53(11,12)36(2,3)4/h20-21,24,26-27,29-30,33H,17-19,22-23H2,1-16H3,(H,41,42,43)/t26?,27-,29-,30-,33-/m1/s1. The van der Waals surface area contributed by atoms with Gasteiger partial charge in [0.25, 0.3) is 5.95 Å². The number of aromatic nitrogens is 6. The van der Waals surface area contributed by atoms with Crippen molar-refractivity contribution >= 4 is 47.9 Å². The lowest BCUT2D eigenvalue weighted by atomic mass is 10.1. The van der Waals surface area contributed by atoms with Crippen LogP contribution >= 0.6 is 0 Å². The van der Waals surface area contributed by atoms with Crippen LogP contribution in [0.25, 0.3) is 17.1 Å². The van der Waals surface area contributed by atoms with E-state index in [2.05, 4.69) is 112 Å². The summed E-state index contributed by atoms with van der Waals surface area (Å²) in [4.78, 5) is 27.4. The fourth-order valence-corrected chi connectivity index (χ4v) is 9.38. The fourth-order valence-electron chi connectivity index (χ4n) is 5.76. The van der Waals surface area contributed by atoms with Gasteiger partial charge in [0.1, 0.15) is 18.3 Å². The molecule has 308 valence electrons. The van der Waals surface area contributed by atoms with Gasteiger partial charge in [0, 0.05) is 12.8 Å². The number of nitrogens with zero attached hydrogens (tertiary/aromatic N) is 6. The Balaban J connectivity index is 1.68. The molecule has 5 rings (SSSR count). The van der Waals surface area contributed by atoms with Crippen molar-refractivity contribution in [2.45, 2.75) is 161 Å². The smallest absolute Gasteiger partial charge is 0.341 e. The number of hydrogen-bond donors (Lipinski definition) is 1. The summed E-state index contributed by atoms with van der Waals surface area (Å²) in [6.45, 7) is 37.5. The molecule has 0 spiro atoms. The molecule has 0 radical (unpaired) electrons. The van der Waals surface area contributed by atoms with Crippen molar-refractivity contribution in [2.75, 3.05) is 31.7 Å². The summed E-state index contributed by atoms with van der Waals surface area (Å²) in [5.74, 6) is 0.331. The zero-order valence-electron chi connectivity index (χ0n) is 36.2. The van der Waals surface area contributed by atoms with Gasteiger partial charge < -0.3 is 32.8 Å². The molecule has 5 heterocycles. The molecule has 1 unspecified atom stereocenters. The minimum Gasteiger partial charge on any atom is -0.462 e. The average Bonchev–Trinajstić information content (AvgIpc) is 3.86. The van der Waals surface area contributed by atoms with Crippen molar-refractivity contribution in [1.29, 1.82) is 0 Å². The topological polar surface area (TPSA) is 146 Å². The molecule has 2 aliphatic heterocycles. The summed E-state index contributed by atoms with van der Waals surface area (Å²) < 4.78 is 43.2. The molecule has 2 aliphatic rings. The van der Waals surface area contributed by atoms with E-state index < -0.39 is 55.5 Å². The Morgan fingerprint density at radius 1 is 0.909 bits per heavy atom. The highest BCUT2D eigenvalue weighted by Gasteiger charge is 2.55. The van der Waals surface area contributed by atoms with E-state index in [-0.39, 0.29) is 33.7 Å². The third-order valence-electron chi connectivity index (χ3n) is 12.4. The van der Waals surface area contributed by atoms with Crippen LogP contribution in [0.15, 0.2) is 18.7 Å². The Bertz CT molecular complexity index is 1800. The van der Waals surface area contributed by atoms with Crippen LogP contribution in [0.3, 0.4) is 0 Å². The number of imidazole rings is 1. The molecule has 3 aromatic heterocycles. The van der Waals surface area contributed by atoms with Gasteiger partial charge in [-0.15, -0.1) is 0 Å². The third-order valence-corrected chi connectivity index (χ3v) is 25.9. The minimum atomic E-state index is -2.42. The quantitative estimate of drug-likeness (QED) is 0.131. The number of nitrogens with one attached hydrogen (secondary N) is 1. The van der Waals surface area contributed by atoms with Crippen LogP contribution in [0, 0.1) is 0 Å². The number of hydrogen-bond acceptors (Lipinski definition) is 12. The van der Waals surface area contributed by atoms with Crippen LogP contribution in [0.2, 0.25) is 54.4 Å². The molecule has 1 N–H and O–H groups in total. The number of fused-ring (bicyclic) bond motifs is 1. The van der Waals surface area contributed by atoms with Gasteiger partial charge >= 0.3 is 5.97 Å². The molecule has 17 heteroatoms. The zero-order valence-corrected chi connectivity index (χ0v) is 39.2. The van der Waals surface area contributed by atoms with Gasteiger partial charge in [-0.2, -0.15) is 15.1 Å². The monoisotopic (exact) mass is 817 g/mol. The van der Waals surface area contributed by atoms with Gasteiger partial charge in [-0.05, 0) is 67.7 Å². The highest BCUT2D eigenvalue weighted by atomic mass is 28.4. The minimum absolute atomic E-state index is 0.0130. The molecule has 0 aliphatic carbocycles. The second kappa shape index (κ2) is 15.7. The number of anilines is 1. The Labute approximate surface area is 331 Å². The Hall–Kier alpha value is -2.52. The first kappa shape index (κ1) is 43.6. The van der Waals surface area contributed by atoms with E-state index in [0.717, 1.165) is 6.42 Å². The van der Waals surface area contributed by atoms with Gasteiger partial charge in [-0.1, -0.05) is 62.3 Å². The van der Waals surface area contributed by atoms with Crippen molar-refractivity contribution < 1.29 is 32.3 Å². The molecule has 0 aromatic carbocycles. The SMILES string of the molecule is CCOC(=O)c1cnn(-c2nc(NC3CCOC3)c3ncn([C@@H]4O[C@H](CO[Si](C)(C)C(C)(C)C)[C@@H](O[Si](C)(C)C(C)(C)C)[C@H]4O[Si](C)(C)C(C)(C)C)c3n2)c1. The van der Waals surface area contributed by atoms with Crippen LogP contribution in [0.1, 0.15) is 92.2 Å². The maximum Gasteiger partial charge on any atom is 0.341 e. The van der Waals surface area contributed by atoms with Gasteiger partial charge in [-0.3, -0.25) is 4.57 Å². The molecular weight excluding hydrogens is 751 g/mol. The summed E-state index contributed by atoms with van der Waals surface area (Å²) in [6, 6.07) is 0.0421. The van der Waals surface area contributed by atoms with E-state index in [9.17, 15) is 4.79 Å². The van der Waals surface area contributed by atoms with Gasteiger partial charge in [0.05, 0.1) is 44.0 Å². The van der Waals surface area contributed by atoms with Gasteiger partial charge in [0.15, 0.2) is 48.2 Å². The van der Waals surface area contributed by atoms with Crippen molar-refractivity contribution in [3.8, 4) is 5.95 Å². The number of carbonyl (C=O) groups excluding carboxylic acids is 1.